The van der Waals surface area contributed by atoms with Gasteiger partial charge >= 0.3 is 7.60 Å². The maximum Gasteiger partial charge on any atom is 0.330 e. The summed E-state index contributed by atoms with van der Waals surface area (Å²) in [5.41, 5.74) is 0. The van der Waals surface area contributed by atoms with Gasteiger partial charge in [-0.3, -0.25) is 4.57 Å². The number of hydrogen-bond acceptors (Lipinski definition) is 7. The van der Waals surface area contributed by atoms with Crippen molar-refractivity contribution in [1.29, 1.82) is 0 Å². The SMILES string of the molecule is CCCCCCCCCCCCOCCCCOP(=O)(O)C[C@@H]1O[C@H](CO)[C@@H](O)[C@@H]1O. The van der Waals surface area contributed by atoms with Crippen molar-refractivity contribution < 1.29 is 38.8 Å². The van der Waals surface area contributed by atoms with E-state index >= 15 is 0 Å². The Morgan fingerprint density at radius 2 is 1.26 bits per heavy atom. The van der Waals surface area contributed by atoms with E-state index in [1.54, 1.807) is 0 Å². The van der Waals surface area contributed by atoms with Gasteiger partial charge in [0, 0.05) is 13.2 Å². The minimum absolute atomic E-state index is 0.115. The zero-order valence-electron chi connectivity index (χ0n) is 19.2. The summed E-state index contributed by atoms with van der Waals surface area (Å²) < 4.78 is 28.0. The Morgan fingerprint density at radius 3 is 1.81 bits per heavy atom. The number of rotatable bonds is 20. The normalized spacial score (nSPS) is 25.7. The van der Waals surface area contributed by atoms with Crippen LogP contribution in [0.4, 0.5) is 0 Å². The predicted octanol–water partition coefficient (Wildman–Crippen LogP) is 3.39. The monoisotopic (exact) mass is 468 g/mol. The van der Waals surface area contributed by atoms with Crippen LogP contribution in [0, 0.1) is 0 Å². The van der Waals surface area contributed by atoms with Gasteiger partial charge in [0.1, 0.15) is 18.3 Å². The molecule has 186 valence electrons. The molecule has 0 bridgehead atoms. The summed E-state index contributed by atoms with van der Waals surface area (Å²) in [6, 6.07) is 0. The maximum absolute atomic E-state index is 12.1. The van der Waals surface area contributed by atoms with Crippen molar-refractivity contribution in [2.45, 2.75) is 108 Å². The van der Waals surface area contributed by atoms with Crippen molar-refractivity contribution in [2.75, 3.05) is 32.6 Å². The zero-order chi connectivity index (χ0) is 23.0. The number of hydrogen-bond donors (Lipinski definition) is 4. The first kappa shape index (κ1) is 29.0. The molecule has 0 amide bonds. The van der Waals surface area contributed by atoms with E-state index in [4.69, 9.17) is 19.1 Å². The van der Waals surface area contributed by atoms with Gasteiger partial charge in [-0.15, -0.1) is 0 Å². The molecule has 1 heterocycles. The summed E-state index contributed by atoms with van der Waals surface area (Å²) >= 11 is 0. The highest BCUT2D eigenvalue weighted by Gasteiger charge is 2.45. The van der Waals surface area contributed by atoms with Crippen molar-refractivity contribution >= 4 is 7.60 Å². The summed E-state index contributed by atoms with van der Waals surface area (Å²) in [4.78, 5) is 9.92. The van der Waals surface area contributed by atoms with Crippen molar-refractivity contribution in [1.82, 2.24) is 0 Å². The van der Waals surface area contributed by atoms with Gasteiger partial charge in [0.15, 0.2) is 0 Å². The van der Waals surface area contributed by atoms with E-state index in [2.05, 4.69) is 6.92 Å². The molecule has 1 rings (SSSR count). The molecule has 1 saturated heterocycles. The van der Waals surface area contributed by atoms with E-state index in [9.17, 15) is 19.7 Å². The van der Waals surface area contributed by atoms with Gasteiger partial charge in [-0.2, -0.15) is 0 Å². The zero-order valence-corrected chi connectivity index (χ0v) is 20.1. The quantitative estimate of drug-likeness (QED) is 0.158. The molecule has 1 aliphatic rings. The fourth-order valence-corrected chi connectivity index (χ4v) is 4.99. The van der Waals surface area contributed by atoms with Crippen LogP contribution in [-0.4, -0.2) is 77.2 Å². The average Bonchev–Trinajstić information content (AvgIpc) is 3.00. The van der Waals surface area contributed by atoms with Crippen molar-refractivity contribution in [3.8, 4) is 0 Å². The van der Waals surface area contributed by atoms with Crippen LogP contribution in [-0.2, 0) is 18.6 Å². The van der Waals surface area contributed by atoms with Gasteiger partial charge in [0.25, 0.3) is 0 Å². The molecule has 8 nitrogen and oxygen atoms in total. The Bertz CT molecular complexity index is 478. The van der Waals surface area contributed by atoms with Gasteiger partial charge in [-0.25, -0.2) is 0 Å². The highest BCUT2D eigenvalue weighted by molar-refractivity contribution is 7.52. The van der Waals surface area contributed by atoms with Crippen molar-refractivity contribution in [3.05, 3.63) is 0 Å². The van der Waals surface area contributed by atoms with E-state index in [1.807, 2.05) is 0 Å². The lowest BCUT2D eigenvalue weighted by atomic mass is 10.1. The van der Waals surface area contributed by atoms with E-state index in [1.165, 1.54) is 57.8 Å². The van der Waals surface area contributed by atoms with Crippen LogP contribution in [0.15, 0.2) is 0 Å². The van der Waals surface area contributed by atoms with Gasteiger partial charge in [0.2, 0.25) is 0 Å². The van der Waals surface area contributed by atoms with Crippen LogP contribution in [0.25, 0.3) is 0 Å². The molecule has 0 spiro atoms. The fourth-order valence-electron chi connectivity index (χ4n) is 3.71. The van der Waals surface area contributed by atoms with Crippen LogP contribution in [0.1, 0.15) is 84.0 Å². The molecule has 4 N–H and O–H groups in total. The molecular weight excluding hydrogens is 423 g/mol. The smallest absolute Gasteiger partial charge is 0.330 e. The minimum Gasteiger partial charge on any atom is -0.394 e. The molecule has 1 fully saturated rings. The summed E-state index contributed by atoms with van der Waals surface area (Å²) in [5.74, 6) is 0. The highest BCUT2D eigenvalue weighted by Crippen LogP contribution is 2.45. The summed E-state index contributed by atoms with van der Waals surface area (Å²) in [5, 5.41) is 28.6. The van der Waals surface area contributed by atoms with Gasteiger partial charge in [0.05, 0.1) is 25.5 Å². The van der Waals surface area contributed by atoms with Crippen LogP contribution >= 0.6 is 7.60 Å². The maximum atomic E-state index is 12.1. The second-order valence-electron chi connectivity index (χ2n) is 8.53. The van der Waals surface area contributed by atoms with Crippen molar-refractivity contribution in [3.63, 3.8) is 0 Å². The molecule has 0 radical (unpaired) electrons. The number of aliphatic hydroxyl groups is 3. The van der Waals surface area contributed by atoms with Crippen LogP contribution < -0.4 is 0 Å². The second kappa shape index (κ2) is 17.4. The van der Waals surface area contributed by atoms with Crippen LogP contribution in [0.2, 0.25) is 0 Å². The molecule has 5 atom stereocenters. The lowest BCUT2D eigenvalue weighted by molar-refractivity contribution is -0.0175. The molecule has 31 heavy (non-hydrogen) atoms. The predicted molar refractivity (Wildman–Crippen MR) is 120 cm³/mol. The van der Waals surface area contributed by atoms with E-state index in [-0.39, 0.29) is 6.61 Å². The first-order valence-corrected chi connectivity index (χ1v) is 13.8. The lowest BCUT2D eigenvalue weighted by Crippen LogP contribution is -2.34. The van der Waals surface area contributed by atoms with E-state index < -0.39 is 44.8 Å². The third-order valence-corrected chi connectivity index (χ3v) is 7.08. The number of ether oxygens (including phenoxy) is 2. The van der Waals surface area contributed by atoms with E-state index in [0.717, 1.165) is 19.4 Å². The Morgan fingerprint density at radius 1 is 0.774 bits per heavy atom. The standard InChI is InChI=1S/C22H45O8P/c1-2-3-4-5-6-7-8-9-10-11-14-28-15-12-13-16-29-31(26,27)18-20-22(25)21(24)19(17-23)30-20/h19-25H,2-18H2,1H3,(H,26,27)/t19-,20+,21-,22-/m1/s1. The molecule has 1 unspecified atom stereocenters. The topological polar surface area (TPSA) is 126 Å². The Labute approximate surface area is 187 Å². The van der Waals surface area contributed by atoms with Crippen molar-refractivity contribution in [2.24, 2.45) is 0 Å². The lowest BCUT2D eigenvalue weighted by Gasteiger charge is -2.18. The number of unbranched alkanes of at least 4 members (excludes halogenated alkanes) is 10. The van der Waals surface area contributed by atoms with Gasteiger partial charge in [-0.05, 0) is 19.3 Å². The fraction of sp³-hybridized carbons (Fsp3) is 1.00. The molecule has 0 saturated carbocycles. The Balaban J connectivity index is 1.92. The molecule has 0 aromatic carbocycles. The van der Waals surface area contributed by atoms with Crippen LogP contribution in [0.3, 0.4) is 0 Å². The first-order valence-electron chi connectivity index (χ1n) is 12.1. The largest absolute Gasteiger partial charge is 0.394 e. The van der Waals surface area contributed by atoms with Gasteiger partial charge < -0.3 is 34.2 Å². The second-order valence-corrected chi connectivity index (χ2v) is 10.4. The molecule has 0 aliphatic carbocycles. The molecule has 1 aliphatic heterocycles. The number of aliphatic hydroxyl groups excluding tert-OH is 3. The minimum atomic E-state index is -3.95. The molecular formula is C22H45O8P. The summed E-state index contributed by atoms with van der Waals surface area (Å²) in [6.07, 6.45) is 9.30. The first-order chi connectivity index (χ1) is 14.9. The van der Waals surface area contributed by atoms with E-state index in [0.29, 0.717) is 13.0 Å². The Kier molecular flexibility index (Phi) is 16.3. The third kappa shape index (κ3) is 13.3. The van der Waals surface area contributed by atoms with Crippen LogP contribution in [0.5, 0.6) is 0 Å². The Hall–Kier alpha value is -0.0500. The highest BCUT2D eigenvalue weighted by atomic mass is 31.2. The van der Waals surface area contributed by atoms with Gasteiger partial charge in [-0.1, -0.05) is 64.7 Å². The molecule has 0 aromatic heterocycles. The third-order valence-electron chi connectivity index (χ3n) is 5.67. The average molecular weight is 469 g/mol. The molecule has 9 heteroatoms. The summed E-state index contributed by atoms with van der Waals surface area (Å²) in [7, 11) is -3.95. The summed E-state index contributed by atoms with van der Waals surface area (Å²) in [6.45, 7) is 3.24. The molecule has 0 aromatic rings.